The minimum atomic E-state index is -0.244. The van der Waals surface area contributed by atoms with E-state index >= 15 is 0 Å². The van der Waals surface area contributed by atoms with Gasteiger partial charge in [-0.05, 0) is 6.92 Å². The van der Waals surface area contributed by atoms with Crippen molar-refractivity contribution in [2.24, 2.45) is 0 Å². The maximum atomic E-state index is 11.1. The molecule has 0 aliphatic heterocycles. The minimum absolute atomic E-state index is 0.223. The molecule has 1 rings (SSSR count). The Kier molecular flexibility index (Phi) is 2.68. The third-order valence-corrected chi connectivity index (χ3v) is 1.33. The Balaban J connectivity index is 2.68. The molecule has 0 aliphatic rings. The van der Waals surface area contributed by atoms with Crippen LogP contribution in [-0.4, -0.2) is 24.7 Å². The summed E-state index contributed by atoms with van der Waals surface area (Å²) in [6.07, 6.45) is 0. The van der Waals surface area contributed by atoms with E-state index in [0.29, 0.717) is 12.4 Å². The van der Waals surface area contributed by atoms with Crippen molar-refractivity contribution in [2.75, 3.05) is 18.9 Å². The number of carbonyl (C=O) groups is 1. The Bertz CT molecular complexity index is 269. The molecule has 0 unspecified atom stereocenters. The first-order valence-corrected chi connectivity index (χ1v) is 3.70. The molecule has 0 bridgehead atoms. The van der Waals surface area contributed by atoms with Gasteiger partial charge in [-0.1, -0.05) is 5.16 Å². The number of hydrogen-bond donors (Lipinski definition) is 2. The second-order valence-electron chi connectivity index (χ2n) is 2.19. The number of nitrogens with one attached hydrogen (secondary N) is 2. The van der Waals surface area contributed by atoms with E-state index in [1.54, 1.807) is 13.1 Å². The third-order valence-electron chi connectivity index (χ3n) is 1.33. The molecule has 0 aromatic carbocycles. The van der Waals surface area contributed by atoms with Crippen molar-refractivity contribution in [3.05, 3.63) is 11.8 Å². The van der Waals surface area contributed by atoms with Gasteiger partial charge in [-0.25, -0.2) is 0 Å². The van der Waals surface area contributed by atoms with E-state index in [0.717, 1.165) is 0 Å². The zero-order valence-electron chi connectivity index (χ0n) is 7.05. The summed E-state index contributed by atoms with van der Waals surface area (Å²) in [5.74, 6) is 0.531. The molecule has 1 amide bonds. The second kappa shape index (κ2) is 3.75. The van der Waals surface area contributed by atoms with Crippen LogP contribution in [0, 0.1) is 0 Å². The molecule has 1 aromatic rings. The Hall–Kier alpha value is -1.52. The zero-order valence-corrected chi connectivity index (χ0v) is 7.05. The molecule has 0 aliphatic carbocycles. The molecule has 66 valence electrons. The highest BCUT2D eigenvalue weighted by Gasteiger charge is 2.10. The van der Waals surface area contributed by atoms with Crippen LogP contribution >= 0.6 is 0 Å². The Morgan fingerprint density at radius 1 is 1.75 bits per heavy atom. The lowest BCUT2D eigenvalue weighted by atomic mass is 10.4. The van der Waals surface area contributed by atoms with E-state index in [4.69, 9.17) is 4.52 Å². The van der Waals surface area contributed by atoms with Crippen molar-refractivity contribution in [2.45, 2.75) is 6.92 Å². The molecule has 0 radical (unpaired) electrons. The van der Waals surface area contributed by atoms with Gasteiger partial charge in [0, 0.05) is 19.7 Å². The molecular formula is C7H11N3O2. The largest absolute Gasteiger partial charge is 0.370 e. The van der Waals surface area contributed by atoms with Crippen molar-refractivity contribution in [3.8, 4) is 0 Å². The molecule has 12 heavy (non-hydrogen) atoms. The first-order chi connectivity index (χ1) is 5.77. The third kappa shape index (κ3) is 1.75. The topological polar surface area (TPSA) is 67.2 Å². The van der Waals surface area contributed by atoms with Crippen LogP contribution in [0.15, 0.2) is 10.6 Å². The van der Waals surface area contributed by atoms with Crippen LogP contribution in [-0.2, 0) is 0 Å². The van der Waals surface area contributed by atoms with Crippen LogP contribution < -0.4 is 10.6 Å². The highest BCUT2D eigenvalue weighted by atomic mass is 16.5. The molecule has 1 heterocycles. The standard InChI is InChI=1S/C7H11N3O2/c1-3-9-7(11)5-4-6(8-2)10-12-5/h4H,3H2,1-2H3,(H,8,10)(H,9,11). The minimum Gasteiger partial charge on any atom is -0.370 e. The summed E-state index contributed by atoms with van der Waals surface area (Å²) < 4.78 is 4.75. The summed E-state index contributed by atoms with van der Waals surface area (Å²) in [5, 5.41) is 8.95. The number of amides is 1. The number of nitrogens with zero attached hydrogens (tertiary/aromatic N) is 1. The summed E-state index contributed by atoms with van der Waals surface area (Å²) in [5.41, 5.74) is 0. The van der Waals surface area contributed by atoms with E-state index in [1.807, 2.05) is 6.92 Å². The molecular weight excluding hydrogens is 158 g/mol. The first kappa shape index (κ1) is 8.58. The molecule has 2 N–H and O–H groups in total. The van der Waals surface area contributed by atoms with Crippen LogP contribution in [0.3, 0.4) is 0 Å². The van der Waals surface area contributed by atoms with Gasteiger partial charge in [0.1, 0.15) is 0 Å². The zero-order chi connectivity index (χ0) is 8.97. The molecule has 5 nitrogen and oxygen atoms in total. The van der Waals surface area contributed by atoms with Crippen LogP contribution in [0.5, 0.6) is 0 Å². The van der Waals surface area contributed by atoms with Gasteiger partial charge in [0.15, 0.2) is 5.82 Å². The van der Waals surface area contributed by atoms with Gasteiger partial charge in [0.05, 0.1) is 0 Å². The van der Waals surface area contributed by atoms with Gasteiger partial charge in [-0.3, -0.25) is 4.79 Å². The summed E-state index contributed by atoms with van der Waals surface area (Å²) in [6, 6.07) is 1.55. The van der Waals surface area contributed by atoms with Crippen molar-refractivity contribution < 1.29 is 9.32 Å². The summed E-state index contributed by atoms with van der Waals surface area (Å²) in [4.78, 5) is 11.1. The Morgan fingerprint density at radius 2 is 2.50 bits per heavy atom. The fourth-order valence-corrected chi connectivity index (χ4v) is 0.748. The van der Waals surface area contributed by atoms with Crippen molar-refractivity contribution in [3.63, 3.8) is 0 Å². The Labute approximate surface area is 70.1 Å². The first-order valence-electron chi connectivity index (χ1n) is 3.70. The highest BCUT2D eigenvalue weighted by molar-refractivity contribution is 5.91. The summed E-state index contributed by atoms with van der Waals surface area (Å²) >= 11 is 0. The fraction of sp³-hybridized carbons (Fsp3) is 0.429. The Morgan fingerprint density at radius 3 is 3.00 bits per heavy atom. The van der Waals surface area contributed by atoms with Gasteiger partial charge >= 0.3 is 0 Å². The summed E-state index contributed by atoms with van der Waals surface area (Å²) in [6.45, 7) is 2.42. The maximum Gasteiger partial charge on any atom is 0.289 e. The predicted molar refractivity (Wildman–Crippen MR) is 44.1 cm³/mol. The predicted octanol–water partition coefficient (Wildman–Crippen LogP) is 0.466. The van der Waals surface area contributed by atoms with Crippen LogP contribution in [0.2, 0.25) is 0 Å². The van der Waals surface area contributed by atoms with Gasteiger partial charge < -0.3 is 15.2 Å². The van der Waals surface area contributed by atoms with Crippen molar-refractivity contribution in [1.29, 1.82) is 0 Å². The molecule has 0 fully saturated rings. The van der Waals surface area contributed by atoms with Crippen molar-refractivity contribution in [1.82, 2.24) is 10.5 Å². The lowest BCUT2D eigenvalue weighted by Gasteiger charge is -1.94. The fourth-order valence-electron chi connectivity index (χ4n) is 0.748. The van der Waals surface area contributed by atoms with Gasteiger partial charge in [-0.15, -0.1) is 0 Å². The van der Waals surface area contributed by atoms with Gasteiger partial charge in [0.2, 0.25) is 5.76 Å². The normalized spacial score (nSPS) is 9.50. The lowest BCUT2D eigenvalue weighted by Crippen LogP contribution is -2.21. The van der Waals surface area contributed by atoms with E-state index in [2.05, 4.69) is 15.8 Å². The smallest absolute Gasteiger partial charge is 0.289 e. The number of hydrogen-bond acceptors (Lipinski definition) is 4. The summed E-state index contributed by atoms with van der Waals surface area (Å²) in [7, 11) is 1.71. The maximum absolute atomic E-state index is 11.1. The average Bonchev–Trinajstić information content (AvgIpc) is 2.52. The molecule has 0 spiro atoms. The number of rotatable bonds is 3. The molecule has 5 heteroatoms. The van der Waals surface area contributed by atoms with Crippen molar-refractivity contribution >= 4 is 11.7 Å². The average molecular weight is 169 g/mol. The second-order valence-corrected chi connectivity index (χ2v) is 2.19. The lowest BCUT2D eigenvalue weighted by molar-refractivity contribution is 0.0919. The van der Waals surface area contributed by atoms with Crippen LogP contribution in [0.1, 0.15) is 17.5 Å². The highest BCUT2D eigenvalue weighted by Crippen LogP contribution is 2.06. The molecule has 1 aromatic heterocycles. The van der Waals surface area contributed by atoms with Crippen LogP contribution in [0.25, 0.3) is 0 Å². The molecule has 0 atom stereocenters. The monoisotopic (exact) mass is 169 g/mol. The molecule has 0 saturated heterocycles. The molecule has 0 saturated carbocycles. The van der Waals surface area contributed by atoms with Gasteiger partial charge in [0.25, 0.3) is 5.91 Å². The SMILES string of the molecule is CCNC(=O)c1cc(NC)no1. The van der Waals surface area contributed by atoms with E-state index in [1.165, 1.54) is 0 Å². The van der Waals surface area contributed by atoms with E-state index < -0.39 is 0 Å². The quantitative estimate of drug-likeness (QED) is 0.690. The number of anilines is 1. The number of carbonyl (C=O) groups excluding carboxylic acids is 1. The number of aromatic nitrogens is 1. The van der Waals surface area contributed by atoms with Crippen LogP contribution in [0.4, 0.5) is 5.82 Å². The van der Waals surface area contributed by atoms with E-state index in [-0.39, 0.29) is 11.7 Å². The van der Waals surface area contributed by atoms with Gasteiger partial charge in [-0.2, -0.15) is 0 Å². The van der Waals surface area contributed by atoms with E-state index in [9.17, 15) is 4.79 Å².